The zero-order valence-corrected chi connectivity index (χ0v) is 13.1. The zero-order valence-electron chi connectivity index (χ0n) is 13.1. The van der Waals surface area contributed by atoms with Crippen molar-refractivity contribution < 1.29 is 9.47 Å². The largest absolute Gasteiger partial charge is 0.497 e. The molecule has 0 spiro atoms. The molecule has 2 N–H and O–H groups in total. The fourth-order valence-corrected chi connectivity index (χ4v) is 2.54. The molecule has 2 aromatic rings. The number of aryl methyl sites for hydroxylation is 1. The van der Waals surface area contributed by atoms with E-state index in [9.17, 15) is 0 Å². The van der Waals surface area contributed by atoms with Gasteiger partial charge in [-0.1, -0.05) is 24.3 Å². The van der Waals surface area contributed by atoms with Crippen molar-refractivity contribution in [2.24, 2.45) is 5.73 Å². The molecule has 3 nitrogen and oxygen atoms in total. The van der Waals surface area contributed by atoms with Crippen LogP contribution in [0.5, 0.6) is 11.5 Å². The quantitative estimate of drug-likeness (QED) is 0.913. The third-order valence-electron chi connectivity index (χ3n) is 3.90. The first-order valence-electron chi connectivity index (χ1n) is 7.09. The van der Waals surface area contributed by atoms with Crippen LogP contribution in [0.2, 0.25) is 0 Å². The van der Waals surface area contributed by atoms with Crippen LogP contribution < -0.4 is 15.2 Å². The molecule has 0 aliphatic heterocycles. The van der Waals surface area contributed by atoms with Gasteiger partial charge in [0.05, 0.1) is 14.2 Å². The third-order valence-corrected chi connectivity index (χ3v) is 3.90. The van der Waals surface area contributed by atoms with Crippen molar-refractivity contribution >= 4 is 0 Å². The lowest BCUT2D eigenvalue weighted by Gasteiger charge is -2.19. The Labute approximate surface area is 126 Å². The van der Waals surface area contributed by atoms with Crippen LogP contribution in [0.15, 0.2) is 36.4 Å². The molecule has 1 unspecified atom stereocenters. The van der Waals surface area contributed by atoms with E-state index < -0.39 is 0 Å². The van der Waals surface area contributed by atoms with Crippen molar-refractivity contribution in [1.29, 1.82) is 0 Å². The van der Waals surface area contributed by atoms with E-state index in [0.717, 1.165) is 34.6 Å². The lowest BCUT2D eigenvalue weighted by molar-refractivity contribution is 0.401. The van der Waals surface area contributed by atoms with Crippen molar-refractivity contribution in [2.75, 3.05) is 14.2 Å². The predicted octanol–water partition coefficient (Wildman–Crippen LogP) is 3.56. The summed E-state index contributed by atoms with van der Waals surface area (Å²) >= 11 is 0. The summed E-state index contributed by atoms with van der Waals surface area (Å²) in [5.41, 5.74) is 11.0. The van der Waals surface area contributed by atoms with Gasteiger partial charge in [-0.3, -0.25) is 0 Å². The van der Waals surface area contributed by atoms with Gasteiger partial charge in [-0.15, -0.1) is 0 Å². The average Bonchev–Trinajstić information content (AvgIpc) is 2.49. The molecule has 0 radical (unpaired) electrons. The Bertz CT molecular complexity index is 623. The second-order valence-electron chi connectivity index (χ2n) is 5.29. The van der Waals surface area contributed by atoms with E-state index >= 15 is 0 Å². The van der Waals surface area contributed by atoms with Crippen LogP contribution >= 0.6 is 0 Å². The van der Waals surface area contributed by atoms with Gasteiger partial charge in [0.25, 0.3) is 0 Å². The molecule has 0 heterocycles. The standard InChI is InChI=1S/C18H23NO2/c1-12-8-9-16(18(21-4)13(12)2)17(19)11-14-6-5-7-15(10-14)20-3/h5-10,17H,11,19H2,1-4H3. The minimum absolute atomic E-state index is 0.105. The van der Waals surface area contributed by atoms with Crippen LogP contribution in [0.3, 0.4) is 0 Å². The first kappa shape index (κ1) is 15.4. The van der Waals surface area contributed by atoms with Gasteiger partial charge in [0.15, 0.2) is 0 Å². The molecule has 0 aliphatic carbocycles. The molecule has 2 rings (SSSR count). The normalized spacial score (nSPS) is 12.0. The maximum Gasteiger partial charge on any atom is 0.126 e. The Balaban J connectivity index is 2.27. The van der Waals surface area contributed by atoms with Crippen molar-refractivity contribution in [3.63, 3.8) is 0 Å². The number of hydrogen-bond donors (Lipinski definition) is 1. The minimum atomic E-state index is -0.105. The van der Waals surface area contributed by atoms with E-state index in [4.69, 9.17) is 15.2 Å². The van der Waals surface area contributed by atoms with Gasteiger partial charge < -0.3 is 15.2 Å². The van der Waals surface area contributed by atoms with Crippen LogP contribution in [0.4, 0.5) is 0 Å². The summed E-state index contributed by atoms with van der Waals surface area (Å²) in [4.78, 5) is 0. The summed E-state index contributed by atoms with van der Waals surface area (Å²) in [6.07, 6.45) is 0.746. The monoisotopic (exact) mass is 285 g/mol. The summed E-state index contributed by atoms with van der Waals surface area (Å²) in [5.74, 6) is 1.75. The minimum Gasteiger partial charge on any atom is -0.497 e. The molecule has 0 aliphatic rings. The second kappa shape index (κ2) is 6.64. The van der Waals surface area contributed by atoms with Gasteiger partial charge in [0.2, 0.25) is 0 Å². The first-order valence-corrected chi connectivity index (χ1v) is 7.09. The second-order valence-corrected chi connectivity index (χ2v) is 5.29. The van der Waals surface area contributed by atoms with Crippen molar-refractivity contribution in [1.82, 2.24) is 0 Å². The number of hydrogen-bond acceptors (Lipinski definition) is 3. The Morgan fingerprint density at radius 3 is 2.48 bits per heavy atom. The fraction of sp³-hybridized carbons (Fsp3) is 0.333. The predicted molar refractivity (Wildman–Crippen MR) is 86.1 cm³/mol. The fourth-order valence-electron chi connectivity index (χ4n) is 2.54. The maximum atomic E-state index is 6.39. The summed E-state index contributed by atoms with van der Waals surface area (Å²) in [6.45, 7) is 4.14. The molecule has 0 saturated heterocycles. The molecule has 0 fully saturated rings. The van der Waals surface area contributed by atoms with Crippen molar-refractivity contribution in [3.05, 3.63) is 58.7 Å². The van der Waals surface area contributed by atoms with E-state index in [-0.39, 0.29) is 6.04 Å². The summed E-state index contributed by atoms with van der Waals surface area (Å²) < 4.78 is 10.8. The van der Waals surface area contributed by atoms with Gasteiger partial charge in [-0.05, 0) is 49.1 Å². The molecule has 0 bridgehead atoms. The molecule has 0 amide bonds. The first-order chi connectivity index (χ1) is 10.1. The van der Waals surface area contributed by atoms with Crippen LogP contribution in [-0.4, -0.2) is 14.2 Å². The SMILES string of the molecule is COc1cccc(CC(N)c2ccc(C)c(C)c2OC)c1. The van der Waals surface area contributed by atoms with Crippen LogP contribution in [0.1, 0.15) is 28.3 Å². The highest BCUT2D eigenvalue weighted by Crippen LogP contribution is 2.31. The Hall–Kier alpha value is -2.00. The summed E-state index contributed by atoms with van der Waals surface area (Å²) in [5, 5.41) is 0. The molecular weight excluding hydrogens is 262 g/mol. The van der Waals surface area contributed by atoms with Crippen LogP contribution in [0, 0.1) is 13.8 Å². The van der Waals surface area contributed by atoms with Gasteiger partial charge in [0, 0.05) is 11.6 Å². The maximum absolute atomic E-state index is 6.39. The molecule has 0 aromatic heterocycles. The number of methoxy groups -OCH3 is 2. The number of rotatable bonds is 5. The Kier molecular flexibility index (Phi) is 4.86. The molecule has 21 heavy (non-hydrogen) atoms. The van der Waals surface area contributed by atoms with Crippen LogP contribution in [-0.2, 0) is 6.42 Å². The van der Waals surface area contributed by atoms with E-state index in [2.05, 4.69) is 32.0 Å². The summed E-state index contributed by atoms with van der Waals surface area (Å²) in [6, 6.07) is 12.1. The Morgan fingerprint density at radius 1 is 1.05 bits per heavy atom. The van der Waals surface area contributed by atoms with E-state index in [0.29, 0.717) is 0 Å². The van der Waals surface area contributed by atoms with Crippen LogP contribution in [0.25, 0.3) is 0 Å². The molecule has 112 valence electrons. The smallest absolute Gasteiger partial charge is 0.126 e. The molecule has 2 aromatic carbocycles. The van der Waals surface area contributed by atoms with Crippen molar-refractivity contribution in [3.8, 4) is 11.5 Å². The van der Waals surface area contributed by atoms with Gasteiger partial charge in [-0.2, -0.15) is 0 Å². The topological polar surface area (TPSA) is 44.5 Å². The number of ether oxygens (including phenoxy) is 2. The van der Waals surface area contributed by atoms with E-state index in [1.807, 2.05) is 18.2 Å². The highest BCUT2D eigenvalue weighted by molar-refractivity contribution is 5.47. The lowest BCUT2D eigenvalue weighted by Crippen LogP contribution is -2.15. The van der Waals surface area contributed by atoms with Gasteiger partial charge in [0.1, 0.15) is 11.5 Å². The molecular formula is C18H23NO2. The highest BCUT2D eigenvalue weighted by atomic mass is 16.5. The van der Waals surface area contributed by atoms with Gasteiger partial charge >= 0.3 is 0 Å². The third kappa shape index (κ3) is 3.37. The highest BCUT2D eigenvalue weighted by Gasteiger charge is 2.15. The number of nitrogens with two attached hydrogens (primary N) is 1. The summed E-state index contributed by atoms with van der Waals surface area (Å²) in [7, 11) is 3.37. The molecule has 0 saturated carbocycles. The lowest BCUT2D eigenvalue weighted by atomic mass is 9.95. The Morgan fingerprint density at radius 2 is 1.81 bits per heavy atom. The molecule has 1 atom stereocenters. The van der Waals surface area contributed by atoms with E-state index in [1.165, 1.54) is 5.56 Å². The average molecular weight is 285 g/mol. The van der Waals surface area contributed by atoms with E-state index in [1.54, 1.807) is 14.2 Å². The van der Waals surface area contributed by atoms with Gasteiger partial charge in [-0.25, -0.2) is 0 Å². The number of benzene rings is 2. The zero-order chi connectivity index (χ0) is 15.4. The van der Waals surface area contributed by atoms with Crippen molar-refractivity contribution in [2.45, 2.75) is 26.3 Å². The molecule has 3 heteroatoms.